The number of hydrogen-bond acceptors (Lipinski definition) is 2. The van der Waals surface area contributed by atoms with E-state index in [1.54, 1.807) is 0 Å². The van der Waals surface area contributed by atoms with E-state index in [1.807, 2.05) is 30.5 Å². The zero-order valence-corrected chi connectivity index (χ0v) is 9.45. The van der Waals surface area contributed by atoms with Crippen molar-refractivity contribution >= 4 is 22.5 Å². The van der Waals surface area contributed by atoms with Gasteiger partial charge < -0.3 is 9.97 Å². The van der Waals surface area contributed by atoms with Gasteiger partial charge in [0.1, 0.15) is 0 Å². The Bertz CT molecular complexity index is 745. The molecule has 3 aromatic rings. The van der Waals surface area contributed by atoms with Crippen molar-refractivity contribution in [2.75, 3.05) is 0 Å². The molecule has 0 fully saturated rings. The first-order valence-electron chi connectivity index (χ1n) is 5.07. The van der Waals surface area contributed by atoms with Crippen molar-refractivity contribution in [2.24, 2.45) is 0 Å². The molecular formula is C12H8ClN3O. The summed E-state index contributed by atoms with van der Waals surface area (Å²) in [5.74, 6) is 0. The number of benzene rings is 1. The lowest BCUT2D eigenvalue weighted by Crippen LogP contribution is -2.10. The van der Waals surface area contributed by atoms with Crippen LogP contribution in [0.3, 0.4) is 0 Å². The summed E-state index contributed by atoms with van der Waals surface area (Å²) >= 11 is 6.04. The summed E-state index contributed by atoms with van der Waals surface area (Å²) in [7, 11) is 0. The van der Waals surface area contributed by atoms with Gasteiger partial charge in [-0.2, -0.15) is 0 Å². The van der Waals surface area contributed by atoms with Crippen molar-refractivity contribution < 1.29 is 0 Å². The van der Waals surface area contributed by atoms with E-state index in [2.05, 4.69) is 15.0 Å². The van der Waals surface area contributed by atoms with E-state index in [-0.39, 0.29) is 0 Å². The lowest BCUT2D eigenvalue weighted by atomic mass is 10.1. The highest BCUT2D eigenvalue weighted by Crippen LogP contribution is 2.30. The number of aromatic amines is 2. The van der Waals surface area contributed by atoms with E-state index >= 15 is 0 Å². The van der Waals surface area contributed by atoms with Crippen LogP contribution < -0.4 is 5.69 Å². The van der Waals surface area contributed by atoms with Crippen LogP contribution in [0.1, 0.15) is 0 Å². The fourth-order valence-corrected chi connectivity index (χ4v) is 2.05. The Morgan fingerprint density at radius 3 is 2.94 bits per heavy atom. The number of nitrogens with one attached hydrogen (secondary N) is 2. The predicted molar refractivity (Wildman–Crippen MR) is 67.2 cm³/mol. The number of aromatic nitrogens is 3. The highest BCUT2D eigenvalue weighted by Gasteiger charge is 2.10. The largest absolute Gasteiger partial charge is 0.360 e. The standard InChI is InChI=1S/C12H8ClN3O/c13-9-6-15-12(17)16-11(9)8-5-14-10-4-2-1-3-7(8)10/h1-6,14H,(H,15,16,17). The van der Waals surface area contributed by atoms with Gasteiger partial charge in [0, 0.05) is 22.7 Å². The molecule has 0 aliphatic carbocycles. The van der Waals surface area contributed by atoms with Gasteiger partial charge in [0.15, 0.2) is 0 Å². The van der Waals surface area contributed by atoms with Crippen molar-refractivity contribution in [3.8, 4) is 11.3 Å². The average molecular weight is 246 g/mol. The molecule has 0 saturated carbocycles. The van der Waals surface area contributed by atoms with Crippen LogP contribution in [0, 0.1) is 0 Å². The Balaban J connectivity index is 2.34. The number of fused-ring (bicyclic) bond motifs is 1. The maximum Gasteiger partial charge on any atom is 0.345 e. The Labute approximate surface area is 101 Å². The van der Waals surface area contributed by atoms with Crippen LogP contribution in [-0.2, 0) is 0 Å². The molecule has 2 heterocycles. The highest BCUT2D eigenvalue weighted by molar-refractivity contribution is 6.33. The average Bonchev–Trinajstić information content (AvgIpc) is 2.76. The SMILES string of the molecule is O=c1ncc(Cl)c(-c2c[nH]c3ccccc23)[nH]1. The first-order valence-corrected chi connectivity index (χ1v) is 5.45. The Morgan fingerprint density at radius 2 is 2.06 bits per heavy atom. The Hall–Kier alpha value is -2.07. The monoisotopic (exact) mass is 245 g/mol. The van der Waals surface area contributed by atoms with E-state index < -0.39 is 5.69 Å². The second-order valence-corrected chi connectivity index (χ2v) is 4.07. The van der Waals surface area contributed by atoms with Crippen molar-refractivity contribution in [3.05, 3.63) is 52.2 Å². The first-order chi connectivity index (χ1) is 8.25. The third-order valence-electron chi connectivity index (χ3n) is 2.62. The van der Waals surface area contributed by atoms with Crippen LogP contribution in [-0.4, -0.2) is 15.0 Å². The minimum absolute atomic E-state index is 0.408. The lowest BCUT2D eigenvalue weighted by Gasteiger charge is -2.01. The summed E-state index contributed by atoms with van der Waals surface area (Å²) in [6.07, 6.45) is 3.18. The maximum atomic E-state index is 11.2. The Kier molecular flexibility index (Phi) is 2.23. The van der Waals surface area contributed by atoms with Crippen LogP contribution in [0.5, 0.6) is 0 Å². The molecule has 0 amide bonds. The van der Waals surface area contributed by atoms with Gasteiger partial charge in [0.25, 0.3) is 0 Å². The number of nitrogens with zero attached hydrogens (tertiary/aromatic N) is 1. The molecule has 0 bridgehead atoms. The molecule has 2 N–H and O–H groups in total. The van der Waals surface area contributed by atoms with Crippen molar-refractivity contribution in [1.82, 2.24) is 15.0 Å². The fourth-order valence-electron chi connectivity index (χ4n) is 1.85. The van der Waals surface area contributed by atoms with E-state index in [4.69, 9.17) is 11.6 Å². The van der Waals surface area contributed by atoms with E-state index in [1.165, 1.54) is 6.20 Å². The van der Waals surface area contributed by atoms with Crippen LogP contribution >= 0.6 is 11.6 Å². The molecule has 17 heavy (non-hydrogen) atoms. The summed E-state index contributed by atoms with van der Waals surface area (Å²) in [6.45, 7) is 0. The van der Waals surface area contributed by atoms with Crippen molar-refractivity contribution in [2.45, 2.75) is 0 Å². The normalized spacial score (nSPS) is 10.9. The third kappa shape index (κ3) is 1.62. The molecular weight excluding hydrogens is 238 g/mol. The summed E-state index contributed by atoms with van der Waals surface area (Å²) in [5.41, 5.74) is 2.04. The van der Waals surface area contributed by atoms with E-state index in [0.717, 1.165) is 16.5 Å². The quantitative estimate of drug-likeness (QED) is 0.692. The summed E-state index contributed by atoms with van der Waals surface area (Å²) in [4.78, 5) is 20.6. The molecule has 0 unspecified atom stereocenters. The second kappa shape index (κ2) is 3.75. The zero-order chi connectivity index (χ0) is 11.8. The molecule has 0 spiro atoms. The number of rotatable bonds is 1. The molecule has 0 aliphatic heterocycles. The Morgan fingerprint density at radius 1 is 1.24 bits per heavy atom. The highest BCUT2D eigenvalue weighted by atomic mass is 35.5. The summed E-state index contributed by atoms with van der Waals surface area (Å²) < 4.78 is 0. The summed E-state index contributed by atoms with van der Waals surface area (Å²) in [6, 6.07) is 7.81. The van der Waals surface area contributed by atoms with Crippen LogP contribution in [0.4, 0.5) is 0 Å². The molecule has 0 aliphatic rings. The number of hydrogen-bond donors (Lipinski definition) is 2. The number of para-hydroxylation sites is 1. The van der Waals surface area contributed by atoms with Crippen LogP contribution in [0.25, 0.3) is 22.2 Å². The van der Waals surface area contributed by atoms with Gasteiger partial charge in [-0.3, -0.25) is 0 Å². The molecule has 2 aromatic heterocycles. The van der Waals surface area contributed by atoms with Crippen LogP contribution in [0.15, 0.2) is 41.5 Å². The van der Waals surface area contributed by atoms with E-state index in [9.17, 15) is 4.79 Å². The van der Waals surface area contributed by atoms with Gasteiger partial charge in [-0.1, -0.05) is 29.8 Å². The zero-order valence-electron chi connectivity index (χ0n) is 8.70. The number of H-pyrrole nitrogens is 2. The number of halogens is 1. The van der Waals surface area contributed by atoms with Gasteiger partial charge in [0.05, 0.1) is 16.9 Å². The van der Waals surface area contributed by atoms with Crippen molar-refractivity contribution in [1.29, 1.82) is 0 Å². The van der Waals surface area contributed by atoms with Gasteiger partial charge in [0.2, 0.25) is 0 Å². The third-order valence-corrected chi connectivity index (χ3v) is 2.91. The molecule has 3 rings (SSSR count). The smallest absolute Gasteiger partial charge is 0.345 e. The molecule has 0 radical (unpaired) electrons. The first kappa shape index (κ1) is 10.1. The van der Waals surface area contributed by atoms with Gasteiger partial charge >= 0.3 is 5.69 Å². The summed E-state index contributed by atoms with van der Waals surface area (Å²) in [5, 5.41) is 1.44. The lowest BCUT2D eigenvalue weighted by molar-refractivity contribution is 1.08. The predicted octanol–water partition coefficient (Wildman–Crippen LogP) is 2.57. The molecule has 1 aromatic carbocycles. The molecule has 4 nitrogen and oxygen atoms in total. The van der Waals surface area contributed by atoms with E-state index in [0.29, 0.717) is 10.7 Å². The minimum atomic E-state index is -0.408. The molecule has 0 atom stereocenters. The minimum Gasteiger partial charge on any atom is -0.360 e. The molecule has 0 saturated heterocycles. The van der Waals surface area contributed by atoms with Gasteiger partial charge in [-0.05, 0) is 6.07 Å². The van der Waals surface area contributed by atoms with Gasteiger partial charge in [-0.25, -0.2) is 9.78 Å². The molecule has 5 heteroatoms. The van der Waals surface area contributed by atoms with Crippen molar-refractivity contribution in [3.63, 3.8) is 0 Å². The fraction of sp³-hybridized carbons (Fsp3) is 0. The second-order valence-electron chi connectivity index (χ2n) is 3.66. The topological polar surface area (TPSA) is 61.5 Å². The van der Waals surface area contributed by atoms with Gasteiger partial charge in [-0.15, -0.1) is 0 Å². The maximum absolute atomic E-state index is 11.2. The molecule has 84 valence electrons. The van der Waals surface area contributed by atoms with Crippen LogP contribution in [0.2, 0.25) is 5.02 Å².